The van der Waals surface area contributed by atoms with E-state index >= 15 is 0 Å². The summed E-state index contributed by atoms with van der Waals surface area (Å²) in [5.41, 5.74) is 0.0220. The second kappa shape index (κ2) is 22.8. The smallest absolute Gasteiger partial charge is 0.222 e. The molecule has 34 heavy (non-hydrogen) atoms. The van der Waals surface area contributed by atoms with Crippen molar-refractivity contribution in [3.8, 4) is 0 Å². The fourth-order valence-corrected chi connectivity index (χ4v) is 2.12. The van der Waals surface area contributed by atoms with Gasteiger partial charge in [0.15, 0.2) is 0 Å². The topological polar surface area (TPSA) is 56.8 Å². The zero-order chi connectivity index (χ0) is 28.2. The first-order valence-corrected chi connectivity index (χ1v) is 13.4. The third kappa shape index (κ3) is 38.6. The van der Waals surface area contributed by atoms with Crippen LogP contribution in [0, 0.1) is 17.8 Å². The Labute approximate surface area is 215 Å². The molecular formula is C29H65NO4. The summed E-state index contributed by atoms with van der Waals surface area (Å²) >= 11 is 0. The Morgan fingerprint density at radius 3 is 1.18 bits per heavy atom. The van der Waals surface area contributed by atoms with E-state index in [1.807, 2.05) is 55.4 Å². The predicted octanol–water partition coefficient (Wildman–Crippen LogP) is 7.90. The summed E-state index contributed by atoms with van der Waals surface area (Å²) in [5, 5.41) is 2.80. The lowest BCUT2D eigenvalue weighted by molar-refractivity contribution is -0.124. The summed E-state index contributed by atoms with van der Waals surface area (Å²) in [5.74, 6) is 1.48. The van der Waals surface area contributed by atoms with Crippen LogP contribution in [0.25, 0.3) is 0 Å². The van der Waals surface area contributed by atoms with Crippen LogP contribution in [0.1, 0.15) is 125 Å². The molecule has 0 aromatic heterocycles. The van der Waals surface area contributed by atoms with Gasteiger partial charge in [0.05, 0.1) is 30.0 Å². The van der Waals surface area contributed by atoms with Crippen molar-refractivity contribution < 1.29 is 19.0 Å². The first-order valence-electron chi connectivity index (χ1n) is 13.4. The van der Waals surface area contributed by atoms with Crippen molar-refractivity contribution in [2.75, 3.05) is 6.61 Å². The van der Waals surface area contributed by atoms with Crippen molar-refractivity contribution in [2.45, 2.75) is 161 Å². The maximum Gasteiger partial charge on any atom is 0.222 e. The first-order chi connectivity index (χ1) is 15.1. The van der Waals surface area contributed by atoms with Gasteiger partial charge in [0.25, 0.3) is 0 Å². The second-order valence-corrected chi connectivity index (χ2v) is 11.8. The molecule has 0 rings (SSSR count). The van der Waals surface area contributed by atoms with Gasteiger partial charge in [0, 0.05) is 18.6 Å². The molecule has 0 saturated heterocycles. The van der Waals surface area contributed by atoms with Crippen molar-refractivity contribution >= 4 is 5.91 Å². The van der Waals surface area contributed by atoms with E-state index in [0.29, 0.717) is 36.3 Å². The number of ether oxygens (including phenoxy) is 3. The standard InChI is InChI=1S/C9H20O.C7H15NO.C7H16O.C6H14O/c1-7(2)9(5,6)10-8(3)4;1-5(2)7(9)8-6(3)4;1-6(2)5-8-7(3)4;1-5(2)7-6(3)4/h7-8H,1-6H3;5-6H,1-4H3,(H,8,9);6-7H,5H2,1-4H3;5-6H,1-4H3. The average Bonchev–Trinajstić information content (AvgIpc) is 2.58. The number of amides is 1. The zero-order valence-corrected chi connectivity index (χ0v) is 26.5. The number of nitrogens with one attached hydrogen (secondary N) is 1. The van der Waals surface area contributed by atoms with Gasteiger partial charge < -0.3 is 19.5 Å². The van der Waals surface area contributed by atoms with Crippen molar-refractivity contribution in [1.82, 2.24) is 5.32 Å². The van der Waals surface area contributed by atoms with E-state index in [1.165, 1.54) is 0 Å². The van der Waals surface area contributed by atoms with E-state index in [2.05, 4.69) is 74.6 Å². The molecule has 210 valence electrons. The largest absolute Gasteiger partial charge is 0.379 e. The molecule has 0 spiro atoms. The second-order valence-electron chi connectivity index (χ2n) is 11.8. The SMILES string of the molecule is CC(C)COC(C)C.CC(C)NC(=O)C(C)C.CC(C)OC(C)(C)C(C)C.CC(C)OC(C)C. The molecule has 0 aromatic carbocycles. The Bertz CT molecular complexity index is 425. The molecule has 0 heterocycles. The van der Waals surface area contributed by atoms with Crippen LogP contribution in [0.3, 0.4) is 0 Å². The van der Waals surface area contributed by atoms with Crippen molar-refractivity contribution in [1.29, 1.82) is 0 Å². The molecule has 5 heteroatoms. The monoisotopic (exact) mass is 491 g/mol. The minimum absolute atomic E-state index is 0.0220. The van der Waals surface area contributed by atoms with E-state index in [0.717, 1.165) is 6.61 Å². The van der Waals surface area contributed by atoms with E-state index in [1.54, 1.807) is 0 Å². The highest BCUT2D eigenvalue weighted by molar-refractivity contribution is 5.78. The molecule has 0 radical (unpaired) electrons. The molecule has 0 aliphatic carbocycles. The number of hydrogen-bond donors (Lipinski definition) is 1. The molecular weight excluding hydrogens is 426 g/mol. The molecule has 1 N–H and O–H groups in total. The molecule has 5 nitrogen and oxygen atoms in total. The fourth-order valence-electron chi connectivity index (χ4n) is 2.12. The summed E-state index contributed by atoms with van der Waals surface area (Å²) in [6.07, 6.45) is 1.47. The lowest BCUT2D eigenvalue weighted by atomic mass is 9.94. The lowest BCUT2D eigenvalue weighted by Gasteiger charge is -2.31. The van der Waals surface area contributed by atoms with Crippen LogP contribution in [-0.2, 0) is 19.0 Å². The minimum Gasteiger partial charge on any atom is -0.379 e. The van der Waals surface area contributed by atoms with Gasteiger partial charge >= 0.3 is 0 Å². The number of hydrogen-bond acceptors (Lipinski definition) is 4. The van der Waals surface area contributed by atoms with Crippen molar-refractivity contribution in [2.24, 2.45) is 17.8 Å². The highest BCUT2D eigenvalue weighted by atomic mass is 16.5. The summed E-state index contributed by atoms with van der Waals surface area (Å²) in [4.78, 5) is 10.8. The van der Waals surface area contributed by atoms with E-state index < -0.39 is 0 Å². The Hall–Kier alpha value is -0.650. The highest BCUT2D eigenvalue weighted by Crippen LogP contribution is 2.21. The van der Waals surface area contributed by atoms with Gasteiger partial charge in [-0.25, -0.2) is 0 Å². The normalized spacial score (nSPS) is 11.6. The quantitative estimate of drug-likeness (QED) is 0.337. The van der Waals surface area contributed by atoms with Crippen LogP contribution in [-0.4, -0.2) is 48.6 Å². The average molecular weight is 492 g/mol. The Morgan fingerprint density at radius 2 is 1.09 bits per heavy atom. The molecule has 0 fully saturated rings. The van der Waals surface area contributed by atoms with Crippen LogP contribution in [0.2, 0.25) is 0 Å². The van der Waals surface area contributed by atoms with Crippen molar-refractivity contribution in [3.05, 3.63) is 0 Å². The minimum atomic E-state index is 0.0220. The summed E-state index contributed by atoms with van der Waals surface area (Å²) in [6, 6.07) is 0.264. The van der Waals surface area contributed by atoms with E-state index in [9.17, 15) is 4.79 Å². The highest BCUT2D eigenvalue weighted by Gasteiger charge is 2.23. The van der Waals surface area contributed by atoms with Gasteiger partial charge in [-0.15, -0.1) is 0 Å². The molecule has 0 aliphatic rings. The van der Waals surface area contributed by atoms with Gasteiger partial charge in [-0.3, -0.25) is 4.79 Å². The lowest BCUT2D eigenvalue weighted by Crippen LogP contribution is -2.33. The van der Waals surface area contributed by atoms with Crippen LogP contribution >= 0.6 is 0 Å². The molecule has 0 bridgehead atoms. The van der Waals surface area contributed by atoms with Crippen molar-refractivity contribution in [3.63, 3.8) is 0 Å². The van der Waals surface area contributed by atoms with Crippen LogP contribution in [0.5, 0.6) is 0 Å². The van der Waals surface area contributed by atoms with Gasteiger partial charge in [-0.1, -0.05) is 41.5 Å². The Kier molecular flexibility index (Phi) is 27.2. The van der Waals surface area contributed by atoms with Crippen LogP contribution < -0.4 is 5.32 Å². The third-order valence-electron chi connectivity index (χ3n) is 4.19. The number of carbonyl (C=O) groups excluding carboxylic acids is 1. The number of carbonyl (C=O) groups is 1. The molecule has 0 aliphatic heterocycles. The molecule has 0 atom stereocenters. The van der Waals surface area contributed by atoms with Gasteiger partial charge in [-0.2, -0.15) is 0 Å². The zero-order valence-electron chi connectivity index (χ0n) is 26.5. The summed E-state index contributed by atoms with van der Waals surface area (Å²) in [6.45, 7) is 38.0. The third-order valence-corrected chi connectivity index (χ3v) is 4.19. The summed E-state index contributed by atoms with van der Waals surface area (Å²) < 4.78 is 16.3. The maximum absolute atomic E-state index is 10.8. The van der Waals surface area contributed by atoms with E-state index in [4.69, 9.17) is 14.2 Å². The predicted molar refractivity (Wildman–Crippen MR) is 151 cm³/mol. The fraction of sp³-hybridized carbons (Fsp3) is 0.966. The maximum atomic E-state index is 10.8. The van der Waals surface area contributed by atoms with Crippen LogP contribution in [0.4, 0.5) is 0 Å². The first kappa shape index (κ1) is 40.5. The molecule has 0 saturated carbocycles. The Balaban J connectivity index is -0.000000178. The Morgan fingerprint density at radius 1 is 0.676 bits per heavy atom. The molecule has 0 aromatic rings. The molecule has 0 unspecified atom stereocenters. The van der Waals surface area contributed by atoms with Crippen LogP contribution in [0.15, 0.2) is 0 Å². The molecule has 1 amide bonds. The van der Waals surface area contributed by atoms with E-state index in [-0.39, 0.29) is 23.5 Å². The van der Waals surface area contributed by atoms with Gasteiger partial charge in [-0.05, 0) is 94.9 Å². The van der Waals surface area contributed by atoms with Gasteiger partial charge in [0.1, 0.15) is 0 Å². The van der Waals surface area contributed by atoms with Gasteiger partial charge in [0.2, 0.25) is 5.91 Å². The number of rotatable bonds is 10. The summed E-state index contributed by atoms with van der Waals surface area (Å²) in [7, 11) is 0.